The van der Waals surface area contributed by atoms with Crippen molar-refractivity contribution in [1.29, 1.82) is 0 Å². The molecule has 5 heteroatoms. The molecule has 0 radical (unpaired) electrons. The maximum Gasteiger partial charge on any atom is 0.347 e. The molecule has 0 fully saturated rings. The lowest BCUT2D eigenvalue weighted by molar-refractivity contribution is 0.757. The zero-order valence-electron chi connectivity index (χ0n) is 8.89. The highest BCUT2D eigenvalue weighted by Crippen LogP contribution is 2.07. The van der Waals surface area contributed by atoms with Crippen LogP contribution < -0.4 is 11.4 Å². The average Bonchev–Trinajstić information content (AvgIpc) is 2.69. The summed E-state index contributed by atoms with van der Waals surface area (Å²) in [4.78, 5) is 11.6. The number of nitrogens with zero attached hydrogens (tertiary/aromatic N) is 2. The van der Waals surface area contributed by atoms with Gasteiger partial charge in [-0.3, -0.25) is 0 Å². The van der Waals surface area contributed by atoms with Crippen LogP contribution in [-0.2, 0) is 6.42 Å². The van der Waals surface area contributed by atoms with E-state index in [-0.39, 0.29) is 5.69 Å². The van der Waals surface area contributed by atoms with Crippen LogP contribution in [0.4, 0.5) is 0 Å². The van der Waals surface area contributed by atoms with Crippen LogP contribution in [0.5, 0.6) is 0 Å². The van der Waals surface area contributed by atoms with Crippen LogP contribution in [0.2, 0.25) is 0 Å². The largest absolute Gasteiger partial charge is 0.347 e. The van der Waals surface area contributed by atoms with Gasteiger partial charge in [0.1, 0.15) is 5.82 Å². The fourth-order valence-electron chi connectivity index (χ4n) is 1.60. The highest BCUT2D eigenvalue weighted by atomic mass is 16.1. The zero-order chi connectivity index (χ0) is 11.4. The molecule has 3 N–H and O–H groups in total. The summed E-state index contributed by atoms with van der Waals surface area (Å²) >= 11 is 0. The van der Waals surface area contributed by atoms with Crippen LogP contribution in [0.1, 0.15) is 12.2 Å². The predicted molar refractivity (Wildman–Crippen MR) is 61.6 cm³/mol. The molecule has 1 aromatic carbocycles. The lowest BCUT2D eigenvalue weighted by atomic mass is 10.2. The van der Waals surface area contributed by atoms with Gasteiger partial charge >= 0.3 is 5.69 Å². The van der Waals surface area contributed by atoms with E-state index < -0.39 is 0 Å². The van der Waals surface area contributed by atoms with E-state index in [1.165, 1.54) is 0 Å². The number of nitrogens with two attached hydrogens (primary N) is 1. The Labute approximate surface area is 92.9 Å². The summed E-state index contributed by atoms with van der Waals surface area (Å²) in [6.07, 6.45) is 1.52. The van der Waals surface area contributed by atoms with Crippen LogP contribution in [0.15, 0.2) is 35.1 Å². The molecule has 2 aromatic rings. The number of aryl methyl sites for hydroxylation is 1. The van der Waals surface area contributed by atoms with Gasteiger partial charge in [-0.05, 0) is 25.1 Å². The van der Waals surface area contributed by atoms with E-state index >= 15 is 0 Å². The van der Waals surface area contributed by atoms with Crippen molar-refractivity contribution >= 4 is 0 Å². The Balaban J connectivity index is 2.40. The van der Waals surface area contributed by atoms with Gasteiger partial charge in [-0.15, -0.1) is 0 Å². The minimum Gasteiger partial charge on any atom is -0.330 e. The Kier molecular flexibility index (Phi) is 3.16. The van der Waals surface area contributed by atoms with E-state index in [0.717, 1.165) is 17.9 Å². The minimum atomic E-state index is -0.210. The monoisotopic (exact) mass is 218 g/mol. The Morgan fingerprint density at radius 2 is 2.06 bits per heavy atom. The summed E-state index contributed by atoms with van der Waals surface area (Å²) in [5, 5.41) is 6.46. The Hall–Kier alpha value is -1.88. The molecular formula is C11H14N4O. The Bertz CT molecular complexity index is 500. The van der Waals surface area contributed by atoms with Gasteiger partial charge in [0, 0.05) is 6.42 Å². The Morgan fingerprint density at radius 1 is 1.31 bits per heavy atom. The highest BCUT2D eigenvalue weighted by Gasteiger charge is 2.08. The molecule has 0 aliphatic rings. The average molecular weight is 218 g/mol. The molecule has 1 aromatic heterocycles. The van der Waals surface area contributed by atoms with Gasteiger partial charge in [-0.25, -0.2) is 14.5 Å². The number of hydrogen-bond donors (Lipinski definition) is 2. The van der Waals surface area contributed by atoms with Crippen LogP contribution in [0, 0.1) is 0 Å². The molecule has 0 saturated carbocycles. The van der Waals surface area contributed by atoms with Crippen LogP contribution in [0.25, 0.3) is 5.69 Å². The van der Waals surface area contributed by atoms with Crippen molar-refractivity contribution in [2.45, 2.75) is 12.8 Å². The molecule has 0 saturated heterocycles. The lowest BCUT2D eigenvalue weighted by Gasteiger charge is -2.04. The maximum atomic E-state index is 11.6. The van der Waals surface area contributed by atoms with Gasteiger partial charge in [0.05, 0.1) is 5.69 Å². The van der Waals surface area contributed by atoms with Crippen molar-refractivity contribution in [3.63, 3.8) is 0 Å². The second-order valence-electron chi connectivity index (χ2n) is 3.51. The number of hydrogen-bond acceptors (Lipinski definition) is 3. The molecule has 0 unspecified atom stereocenters. The number of benzene rings is 1. The number of para-hydroxylation sites is 1. The van der Waals surface area contributed by atoms with Crippen LogP contribution >= 0.6 is 0 Å². The quantitative estimate of drug-likeness (QED) is 0.782. The third-order valence-electron chi connectivity index (χ3n) is 2.36. The molecule has 84 valence electrons. The SMILES string of the molecule is NCCCc1n[nH]c(=O)n1-c1ccccc1. The topological polar surface area (TPSA) is 76.7 Å². The molecule has 5 nitrogen and oxygen atoms in total. The third kappa shape index (κ3) is 2.04. The van der Waals surface area contributed by atoms with Gasteiger partial charge in [0.15, 0.2) is 0 Å². The summed E-state index contributed by atoms with van der Waals surface area (Å²) in [5.41, 5.74) is 6.06. The first-order valence-electron chi connectivity index (χ1n) is 5.24. The Morgan fingerprint density at radius 3 is 2.75 bits per heavy atom. The van der Waals surface area contributed by atoms with Gasteiger partial charge < -0.3 is 5.73 Å². The third-order valence-corrected chi connectivity index (χ3v) is 2.36. The van der Waals surface area contributed by atoms with Gasteiger partial charge in [-0.2, -0.15) is 5.10 Å². The summed E-state index contributed by atoms with van der Waals surface area (Å²) in [6.45, 7) is 0.593. The van der Waals surface area contributed by atoms with Crippen molar-refractivity contribution in [1.82, 2.24) is 14.8 Å². The summed E-state index contributed by atoms with van der Waals surface area (Å²) in [7, 11) is 0. The van der Waals surface area contributed by atoms with E-state index in [1.54, 1.807) is 4.57 Å². The smallest absolute Gasteiger partial charge is 0.330 e. The fraction of sp³-hybridized carbons (Fsp3) is 0.273. The lowest BCUT2D eigenvalue weighted by Crippen LogP contribution is -2.17. The van der Waals surface area contributed by atoms with Crippen molar-refractivity contribution in [3.8, 4) is 5.69 Å². The summed E-state index contributed by atoms with van der Waals surface area (Å²) in [5.74, 6) is 0.724. The molecule has 0 aliphatic heterocycles. The number of aromatic nitrogens is 3. The van der Waals surface area contributed by atoms with Gasteiger partial charge in [-0.1, -0.05) is 18.2 Å². The standard InChI is InChI=1S/C11H14N4O/c12-8-4-7-10-13-14-11(16)15(10)9-5-2-1-3-6-9/h1-3,5-6H,4,7-8,12H2,(H,14,16). The zero-order valence-corrected chi connectivity index (χ0v) is 8.89. The molecule has 2 rings (SSSR count). The normalized spacial score (nSPS) is 10.6. The van der Waals surface area contributed by atoms with Crippen molar-refractivity contribution in [3.05, 3.63) is 46.6 Å². The van der Waals surface area contributed by atoms with Crippen LogP contribution in [-0.4, -0.2) is 21.3 Å². The number of H-pyrrole nitrogens is 1. The fourth-order valence-corrected chi connectivity index (χ4v) is 1.60. The molecule has 0 spiro atoms. The maximum absolute atomic E-state index is 11.6. The number of aromatic amines is 1. The van der Waals surface area contributed by atoms with Crippen molar-refractivity contribution < 1.29 is 0 Å². The second kappa shape index (κ2) is 4.76. The van der Waals surface area contributed by atoms with E-state index in [4.69, 9.17) is 5.73 Å². The van der Waals surface area contributed by atoms with E-state index in [2.05, 4.69) is 10.2 Å². The molecule has 16 heavy (non-hydrogen) atoms. The first-order chi connectivity index (χ1) is 7.83. The summed E-state index contributed by atoms with van der Waals surface area (Å²) in [6, 6.07) is 9.45. The molecule has 0 aliphatic carbocycles. The molecule has 0 bridgehead atoms. The van der Waals surface area contributed by atoms with E-state index in [1.807, 2.05) is 30.3 Å². The molecule has 0 amide bonds. The van der Waals surface area contributed by atoms with E-state index in [9.17, 15) is 4.79 Å². The summed E-state index contributed by atoms with van der Waals surface area (Å²) < 4.78 is 1.58. The predicted octanol–water partition coefficient (Wildman–Crippen LogP) is 0.452. The highest BCUT2D eigenvalue weighted by molar-refractivity contribution is 5.31. The van der Waals surface area contributed by atoms with E-state index in [0.29, 0.717) is 13.0 Å². The van der Waals surface area contributed by atoms with Gasteiger partial charge in [0.2, 0.25) is 0 Å². The number of rotatable bonds is 4. The van der Waals surface area contributed by atoms with Crippen molar-refractivity contribution in [2.24, 2.45) is 5.73 Å². The second-order valence-corrected chi connectivity index (χ2v) is 3.51. The molecular weight excluding hydrogens is 204 g/mol. The molecule has 1 heterocycles. The van der Waals surface area contributed by atoms with Crippen LogP contribution in [0.3, 0.4) is 0 Å². The first kappa shape index (κ1) is 10.6. The van der Waals surface area contributed by atoms with Crippen molar-refractivity contribution in [2.75, 3.05) is 6.54 Å². The number of nitrogens with one attached hydrogen (secondary N) is 1. The minimum absolute atomic E-state index is 0.210. The van der Waals surface area contributed by atoms with Gasteiger partial charge in [0.25, 0.3) is 0 Å². The molecule has 0 atom stereocenters. The first-order valence-corrected chi connectivity index (χ1v) is 5.24.